The second-order valence-corrected chi connectivity index (χ2v) is 5.33. The highest BCUT2D eigenvalue weighted by Gasteiger charge is 1.98. The Kier molecular flexibility index (Phi) is 8.08. The molecule has 0 amide bonds. The molecule has 0 atom stereocenters. The number of phenols is 2. The van der Waals surface area contributed by atoms with E-state index in [2.05, 4.69) is 18.5 Å². The molecule has 1 rings (SSSR count). The van der Waals surface area contributed by atoms with Crippen LogP contribution in [0.2, 0.25) is 0 Å². The first-order valence-electron chi connectivity index (χ1n) is 7.60. The third-order valence-electron chi connectivity index (χ3n) is 3.10. The molecule has 0 saturated carbocycles. The quantitative estimate of drug-likeness (QED) is 0.352. The van der Waals surface area contributed by atoms with Crippen molar-refractivity contribution in [3.05, 3.63) is 78.6 Å². The molecular formula is C20H25NO2. The number of aromatic hydroxyl groups is 2. The summed E-state index contributed by atoms with van der Waals surface area (Å²) >= 11 is 0. The maximum Gasteiger partial charge on any atom is 0.126 e. The number of rotatable bonds is 9. The zero-order chi connectivity index (χ0) is 17.1. The van der Waals surface area contributed by atoms with Gasteiger partial charge in [-0.05, 0) is 49.7 Å². The number of hydrogen-bond acceptors (Lipinski definition) is 3. The highest BCUT2D eigenvalue weighted by molar-refractivity contribution is 5.61. The summed E-state index contributed by atoms with van der Waals surface area (Å²) in [5.74, 6) is 0.0847. The van der Waals surface area contributed by atoms with Crippen LogP contribution in [0.25, 0.3) is 6.08 Å². The zero-order valence-corrected chi connectivity index (χ0v) is 13.6. The van der Waals surface area contributed by atoms with Gasteiger partial charge in [0, 0.05) is 18.2 Å². The molecule has 0 fully saturated rings. The van der Waals surface area contributed by atoms with Crippen molar-refractivity contribution < 1.29 is 10.2 Å². The van der Waals surface area contributed by atoms with Crippen molar-refractivity contribution in [3.8, 4) is 11.5 Å². The van der Waals surface area contributed by atoms with Crippen molar-refractivity contribution in [1.29, 1.82) is 0 Å². The molecule has 0 spiro atoms. The van der Waals surface area contributed by atoms with Crippen LogP contribution in [0.5, 0.6) is 11.5 Å². The van der Waals surface area contributed by atoms with Gasteiger partial charge in [0.1, 0.15) is 11.5 Å². The lowest BCUT2D eigenvalue weighted by atomic mass is 10.1. The SMILES string of the molecule is C=C/C=C(\C=C/NCCCC(=C)C)/C=C/c1ccc(O)cc1O. The van der Waals surface area contributed by atoms with Crippen LogP contribution in [0.4, 0.5) is 0 Å². The van der Waals surface area contributed by atoms with E-state index < -0.39 is 0 Å². The first kappa shape index (κ1) is 18.4. The van der Waals surface area contributed by atoms with Crippen LogP contribution in [0, 0.1) is 0 Å². The van der Waals surface area contributed by atoms with Crippen molar-refractivity contribution in [3.63, 3.8) is 0 Å². The van der Waals surface area contributed by atoms with Gasteiger partial charge >= 0.3 is 0 Å². The van der Waals surface area contributed by atoms with Gasteiger partial charge < -0.3 is 15.5 Å². The van der Waals surface area contributed by atoms with Crippen molar-refractivity contribution >= 4 is 6.08 Å². The maximum atomic E-state index is 9.76. The maximum absolute atomic E-state index is 9.76. The first-order valence-corrected chi connectivity index (χ1v) is 7.60. The predicted octanol–water partition coefficient (Wildman–Crippen LogP) is 4.68. The van der Waals surface area contributed by atoms with Crippen molar-refractivity contribution in [2.75, 3.05) is 6.54 Å². The van der Waals surface area contributed by atoms with E-state index in [1.54, 1.807) is 18.2 Å². The second kappa shape index (κ2) is 10.1. The molecule has 3 nitrogen and oxygen atoms in total. The molecule has 3 heteroatoms. The van der Waals surface area contributed by atoms with Crippen LogP contribution in [-0.2, 0) is 0 Å². The van der Waals surface area contributed by atoms with E-state index in [1.165, 1.54) is 17.7 Å². The highest BCUT2D eigenvalue weighted by Crippen LogP contribution is 2.24. The third kappa shape index (κ3) is 7.77. The lowest BCUT2D eigenvalue weighted by molar-refractivity contribution is 0.450. The number of hydrogen-bond donors (Lipinski definition) is 3. The molecule has 0 radical (unpaired) electrons. The molecule has 0 aliphatic heterocycles. The zero-order valence-electron chi connectivity index (χ0n) is 13.6. The van der Waals surface area contributed by atoms with Crippen LogP contribution in [0.3, 0.4) is 0 Å². The van der Waals surface area contributed by atoms with Gasteiger partial charge in [-0.3, -0.25) is 0 Å². The second-order valence-electron chi connectivity index (χ2n) is 5.33. The van der Waals surface area contributed by atoms with Gasteiger partial charge in [-0.2, -0.15) is 0 Å². The summed E-state index contributed by atoms with van der Waals surface area (Å²) in [7, 11) is 0. The largest absolute Gasteiger partial charge is 0.508 e. The smallest absolute Gasteiger partial charge is 0.126 e. The number of nitrogens with one attached hydrogen (secondary N) is 1. The highest BCUT2D eigenvalue weighted by atomic mass is 16.3. The van der Waals surface area contributed by atoms with Crippen LogP contribution in [-0.4, -0.2) is 16.8 Å². The molecule has 0 aromatic heterocycles. The topological polar surface area (TPSA) is 52.5 Å². The summed E-state index contributed by atoms with van der Waals surface area (Å²) in [6.45, 7) is 10.5. The summed E-state index contributed by atoms with van der Waals surface area (Å²) in [5.41, 5.74) is 2.78. The fourth-order valence-corrected chi connectivity index (χ4v) is 1.89. The Hall–Kier alpha value is -2.68. The minimum absolute atomic E-state index is 0.0420. The van der Waals surface area contributed by atoms with Crippen molar-refractivity contribution in [2.24, 2.45) is 0 Å². The molecule has 0 aliphatic rings. The summed E-state index contributed by atoms with van der Waals surface area (Å²) < 4.78 is 0. The molecule has 0 aliphatic carbocycles. The normalized spacial score (nSPS) is 12.0. The van der Waals surface area contributed by atoms with E-state index in [-0.39, 0.29) is 11.5 Å². The van der Waals surface area contributed by atoms with Crippen LogP contribution >= 0.6 is 0 Å². The minimum Gasteiger partial charge on any atom is -0.508 e. The molecule has 23 heavy (non-hydrogen) atoms. The van der Waals surface area contributed by atoms with E-state index in [0.717, 1.165) is 25.0 Å². The Bertz CT molecular complexity index is 625. The Morgan fingerprint density at radius 2 is 2.04 bits per heavy atom. The van der Waals surface area contributed by atoms with Gasteiger partial charge in [0.15, 0.2) is 0 Å². The summed E-state index contributed by atoms with van der Waals surface area (Å²) in [6.07, 6.45) is 13.2. The molecule has 0 saturated heterocycles. The lowest BCUT2D eigenvalue weighted by Gasteiger charge is -2.01. The van der Waals surface area contributed by atoms with E-state index in [9.17, 15) is 10.2 Å². The number of benzene rings is 1. The molecule has 0 bridgehead atoms. The summed E-state index contributed by atoms with van der Waals surface area (Å²) in [4.78, 5) is 0. The van der Waals surface area contributed by atoms with Crippen molar-refractivity contribution in [2.45, 2.75) is 19.8 Å². The Balaban J connectivity index is 2.61. The molecule has 122 valence electrons. The molecule has 1 aromatic carbocycles. The van der Waals surface area contributed by atoms with Gasteiger partial charge in [-0.25, -0.2) is 0 Å². The third-order valence-corrected chi connectivity index (χ3v) is 3.10. The average Bonchev–Trinajstić information content (AvgIpc) is 2.49. The van der Waals surface area contributed by atoms with Crippen LogP contribution in [0.1, 0.15) is 25.3 Å². The fourth-order valence-electron chi connectivity index (χ4n) is 1.89. The Morgan fingerprint density at radius 1 is 1.26 bits per heavy atom. The van der Waals surface area contributed by atoms with Gasteiger partial charge in [-0.1, -0.05) is 36.5 Å². The van der Waals surface area contributed by atoms with Gasteiger partial charge in [0.2, 0.25) is 0 Å². The van der Waals surface area contributed by atoms with Crippen LogP contribution in [0.15, 0.2) is 73.0 Å². The summed E-state index contributed by atoms with van der Waals surface area (Å²) in [5, 5.41) is 22.3. The van der Waals surface area contributed by atoms with E-state index in [1.807, 2.05) is 31.4 Å². The van der Waals surface area contributed by atoms with Gasteiger partial charge in [0.05, 0.1) is 0 Å². The molecule has 0 unspecified atom stereocenters. The van der Waals surface area contributed by atoms with E-state index in [0.29, 0.717) is 5.56 Å². The monoisotopic (exact) mass is 311 g/mol. The minimum atomic E-state index is 0.0420. The predicted molar refractivity (Wildman–Crippen MR) is 98.3 cm³/mol. The Morgan fingerprint density at radius 3 is 2.70 bits per heavy atom. The molecule has 0 heterocycles. The number of allylic oxidation sites excluding steroid dienone is 6. The molecule has 3 N–H and O–H groups in total. The lowest BCUT2D eigenvalue weighted by Crippen LogP contribution is -2.06. The van der Waals surface area contributed by atoms with E-state index >= 15 is 0 Å². The fraction of sp³-hybridized carbons (Fsp3) is 0.200. The van der Waals surface area contributed by atoms with E-state index in [4.69, 9.17) is 0 Å². The molecule has 1 aromatic rings. The van der Waals surface area contributed by atoms with Gasteiger partial charge in [-0.15, -0.1) is 6.58 Å². The molecular weight excluding hydrogens is 286 g/mol. The Labute approximate surface area is 138 Å². The van der Waals surface area contributed by atoms with Crippen LogP contribution < -0.4 is 5.32 Å². The van der Waals surface area contributed by atoms with Crippen molar-refractivity contribution in [1.82, 2.24) is 5.32 Å². The number of phenolic OH excluding ortho intramolecular Hbond substituents is 2. The first-order chi connectivity index (χ1) is 11.0. The summed E-state index contributed by atoms with van der Waals surface area (Å²) in [6, 6.07) is 4.51. The van der Waals surface area contributed by atoms with Gasteiger partial charge in [0.25, 0.3) is 0 Å². The average molecular weight is 311 g/mol. The standard InChI is InChI=1S/C20H25NO2/c1-4-6-17(12-14-21-13-5-7-16(2)3)8-9-18-10-11-19(22)15-20(18)23/h4,6,8-12,14-15,21-23H,1-2,5,7,13H2,3H3/b9-8+,14-12-,17-6-.